The molecule has 0 heterocycles. The summed E-state index contributed by atoms with van der Waals surface area (Å²) in [4.78, 5) is 0. The van der Waals surface area contributed by atoms with Crippen LogP contribution in [0.1, 0.15) is 103 Å². The van der Waals surface area contributed by atoms with Crippen molar-refractivity contribution >= 4 is 13.3 Å². The van der Waals surface area contributed by atoms with Gasteiger partial charge in [-0.25, -0.2) is 0 Å². The highest BCUT2D eigenvalue weighted by molar-refractivity contribution is 6.95. The molecule has 0 unspecified atom stereocenters. The summed E-state index contributed by atoms with van der Waals surface area (Å²) in [5.41, 5.74) is 6.48. The smallest absolute Gasteiger partial charge is 0.0757 e. The predicted molar refractivity (Wildman–Crippen MR) is 139 cm³/mol. The van der Waals surface area contributed by atoms with Gasteiger partial charge in [0.15, 0.2) is 0 Å². The van der Waals surface area contributed by atoms with Crippen LogP contribution in [-0.2, 0) is 12.8 Å². The molecule has 1 radical (unpaired) electrons. The molecule has 0 saturated heterocycles. The number of aryl methyl sites for hydroxylation is 2. The Morgan fingerprint density at radius 2 is 1.20 bits per heavy atom. The molecule has 1 aromatic rings. The second-order valence-electron chi connectivity index (χ2n) is 9.85. The first kappa shape index (κ1) is 25.2. The van der Waals surface area contributed by atoms with Gasteiger partial charge in [0.05, 0.1) is 8.07 Å². The first-order chi connectivity index (χ1) is 14.5. The van der Waals surface area contributed by atoms with Crippen molar-refractivity contribution in [2.75, 3.05) is 0 Å². The van der Waals surface area contributed by atoms with E-state index < -0.39 is 8.07 Å². The van der Waals surface area contributed by atoms with Crippen LogP contribution in [0.15, 0.2) is 42.0 Å². The van der Waals surface area contributed by atoms with Crippen LogP contribution in [0, 0.1) is 5.54 Å². The molecule has 0 N–H and O–H groups in total. The van der Waals surface area contributed by atoms with Crippen LogP contribution in [0.3, 0.4) is 0 Å². The summed E-state index contributed by atoms with van der Waals surface area (Å²) in [7, 11) is -1.67. The van der Waals surface area contributed by atoms with Gasteiger partial charge in [-0.2, -0.15) is 0 Å². The Morgan fingerprint density at radius 3 is 1.73 bits per heavy atom. The monoisotopic (exact) mass is 423 g/mol. The van der Waals surface area contributed by atoms with Crippen LogP contribution in [-0.4, -0.2) is 8.07 Å². The average molecular weight is 424 g/mol. The van der Waals surface area contributed by atoms with Crippen LogP contribution in [0.2, 0.25) is 13.1 Å². The Labute approximate surface area is 189 Å². The highest BCUT2D eigenvalue weighted by Crippen LogP contribution is 2.34. The topological polar surface area (TPSA) is 0 Å². The fraction of sp³-hybridized carbons (Fsp3) is 0.621. The minimum absolute atomic E-state index is 1.25. The van der Waals surface area contributed by atoms with Crippen molar-refractivity contribution in [3.63, 3.8) is 0 Å². The predicted octanol–water partition coefficient (Wildman–Crippen LogP) is 8.65. The normalized spacial score (nSPS) is 14.5. The van der Waals surface area contributed by atoms with E-state index in [1.807, 2.05) is 0 Å². The van der Waals surface area contributed by atoms with Gasteiger partial charge >= 0.3 is 0 Å². The second-order valence-corrected chi connectivity index (χ2v) is 14.2. The molecular formula is C29H47Si. The molecule has 0 bridgehead atoms. The molecule has 1 heteroatoms. The third kappa shape index (κ3) is 7.56. The number of hydrogen-bond donors (Lipinski definition) is 0. The standard InChI is InChI=1S/C29H47Si/c1-6-9-12-14-17-25-22-26(18-15-13-10-7-2)24-28(23-25)30(4,5)29-21-16-20-27(29)19-11-8-3/h16,20-24H,6-15,17-19H2,1-5H3. The van der Waals surface area contributed by atoms with Crippen LogP contribution < -0.4 is 5.19 Å². The van der Waals surface area contributed by atoms with E-state index in [1.165, 1.54) is 83.5 Å². The van der Waals surface area contributed by atoms with Crippen molar-refractivity contribution in [1.29, 1.82) is 0 Å². The van der Waals surface area contributed by atoms with E-state index >= 15 is 0 Å². The number of allylic oxidation sites excluding steroid dienone is 4. The molecule has 0 atom stereocenters. The molecule has 30 heavy (non-hydrogen) atoms. The van der Waals surface area contributed by atoms with Crippen LogP contribution >= 0.6 is 0 Å². The Balaban J connectivity index is 2.21. The van der Waals surface area contributed by atoms with Crippen LogP contribution in [0.4, 0.5) is 0 Å². The Bertz CT molecular complexity index is 649. The van der Waals surface area contributed by atoms with Crippen LogP contribution in [0.5, 0.6) is 0 Å². The van der Waals surface area contributed by atoms with Gasteiger partial charge in [0, 0.05) is 5.54 Å². The zero-order valence-corrected chi connectivity index (χ0v) is 21.7. The van der Waals surface area contributed by atoms with E-state index in [9.17, 15) is 0 Å². The van der Waals surface area contributed by atoms with Gasteiger partial charge in [0.2, 0.25) is 0 Å². The molecule has 0 aromatic heterocycles. The van der Waals surface area contributed by atoms with Crippen molar-refractivity contribution in [2.45, 2.75) is 117 Å². The first-order valence-electron chi connectivity index (χ1n) is 12.9. The van der Waals surface area contributed by atoms with E-state index in [1.54, 1.807) is 27.4 Å². The summed E-state index contributed by atoms with van der Waals surface area (Å²) >= 11 is 0. The van der Waals surface area contributed by atoms with E-state index in [0.29, 0.717) is 0 Å². The highest BCUT2D eigenvalue weighted by Gasteiger charge is 2.36. The van der Waals surface area contributed by atoms with Crippen molar-refractivity contribution < 1.29 is 0 Å². The third-order valence-corrected chi connectivity index (χ3v) is 10.4. The lowest BCUT2D eigenvalue weighted by atomic mass is 10.0. The zero-order chi connectivity index (χ0) is 21.8. The maximum Gasteiger partial charge on any atom is 0.0962 e. The van der Waals surface area contributed by atoms with E-state index in [-0.39, 0.29) is 0 Å². The van der Waals surface area contributed by atoms with Gasteiger partial charge in [-0.15, -0.1) is 0 Å². The molecule has 0 spiro atoms. The van der Waals surface area contributed by atoms with Crippen molar-refractivity contribution in [3.8, 4) is 0 Å². The maximum absolute atomic E-state index is 2.59. The first-order valence-corrected chi connectivity index (χ1v) is 15.9. The van der Waals surface area contributed by atoms with Gasteiger partial charge in [-0.05, 0) is 49.7 Å². The minimum atomic E-state index is -1.67. The lowest BCUT2D eigenvalue weighted by molar-refractivity contribution is 0.661. The van der Waals surface area contributed by atoms with Crippen molar-refractivity contribution in [2.24, 2.45) is 0 Å². The van der Waals surface area contributed by atoms with Gasteiger partial charge in [0.25, 0.3) is 0 Å². The summed E-state index contributed by atoms with van der Waals surface area (Å²) in [6, 6.07) is 7.71. The fourth-order valence-electron chi connectivity index (χ4n) is 4.73. The SMILES string of the molecule is CCCCCCc1cc(CCCCCC)cc([Si](C)(C)[C]2C=CC=C2CCCC)c1. The van der Waals surface area contributed by atoms with Gasteiger partial charge in [-0.1, -0.05) is 126 Å². The molecule has 167 valence electrons. The minimum Gasteiger partial charge on any atom is -0.0757 e. The molecule has 0 fully saturated rings. The van der Waals surface area contributed by atoms with Crippen LogP contribution in [0.25, 0.3) is 0 Å². The number of hydrogen-bond acceptors (Lipinski definition) is 0. The molecule has 1 aromatic carbocycles. The quantitative estimate of drug-likeness (QED) is 0.195. The number of unbranched alkanes of at least 4 members (excludes halogenated alkanes) is 7. The van der Waals surface area contributed by atoms with Gasteiger partial charge < -0.3 is 0 Å². The molecule has 1 aliphatic carbocycles. The summed E-state index contributed by atoms with van der Waals surface area (Å²) < 4.78 is 0. The molecule has 0 nitrogen and oxygen atoms in total. The fourth-order valence-corrected chi connectivity index (χ4v) is 7.66. The van der Waals surface area contributed by atoms with E-state index in [2.05, 4.69) is 70.3 Å². The summed E-state index contributed by atoms with van der Waals surface area (Å²) in [6.45, 7) is 12.1. The van der Waals surface area contributed by atoms with E-state index in [0.717, 1.165) is 0 Å². The Morgan fingerprint density at radius 1 is 0.633 bits per heavy atom. The largest absolute Gasteiger partial charge is 0.0962 e. The molecule has 1 aliphatic rings. The third-order valence-electron chi connectivity index (χ3n) is 6.79. The summed E-state index contributed by atoms with van der Waals surface area (Å²) in [5, 5.41) is 1.66. The lowest BCUT2D eigenvalue weighted by Gasteiger charge is -2.32. The maximum atomic E-state index is 2.59. The van der Waals surface area contributed by atoms with Gasteiger partial charge in [0.1, 0.15) is 0 Å². The van der Waals surface area contributed by atoms with Crippen molar-refractivity contribution in [3.05, 3.63) is 58.7 Å². The molecule has 0 aliphatic heterocycles. The lowest BCUT2D eigenvalue weighted by Crippen LogP contribution is -2.48. The average Bonchev–Trinajstić information content (AvgIpc) is 3.22. The summed E-state index contributed by atoms with van der Waals surface area (Å²) in [5.74, 6) is 0. The second kappa shape index (κ2) is 13.4. The Kier molecular flexibility index (Phi) is 11.2. The number of benzene rings is 1. The van der Waals surface area contributed by atoms with Crippen molar-refractivity contribution in [1.82, 2.24) is 0 Å². The molecule has 0 saturated carbocycles. The molecular weight excluding hydrogens is 376 g/mol. The highest BCUT2D eigenvalue weighted by atomic mass is 28.3. The summed E-state index contributed by atoms with van der Waals surface area (Å²) in [6.07, 6.45) is 24.3. The zero-order valence-electron chi connectivity index (χ0n) is 20.7. The Hall–Kier alpha value is -1.08. The van der Waals surface area contributed by atoms with Gasteiger partial charge in [-0.3, -0.25) is 0 Å². The molecule has 2 rings (SSSR count). The molecule has 0 amide bonds. The number of rotatable bonds is 15. The van der Waals surface area contributed by atoms with E-state index in [4.69, 9.17) is 0 Å².